The fourth-order valence-electron chi connectivity index (χ4n) is 7.61. The van der Waals surface area contributed by atoms with Gasteiger partial charge in [-0.15, -0.1) is 0 Å². The molecule has 0 bridgehead atoms. The van der Waals surface area contributed by atoms with Crippen molar-refractivity contribution in [2.24, 2.45) is 0 Å². The molecule has 0 radical (unpaired) electrons. The van der Waals surface area contributed by atoms with Crippen LogP contribution in [0.1, 0.15) is 284 Å². The number of allylic oxidation sites excluding steroid dienone is 2. The Morgan fingerprint density at radius 3 is 0.862 bits per heavy atom. The third-order valence-electron chi connectivity index (χ3n) is 11.5. The van der Waals surface area contributed by atoms with Gasteiger partial charge >= 0.3 is 17.9 Å². The molecule has 0 rings (SSSR count). The fraction of sp³-hybridized carbons (Fsp3) is 0.904. The summed E-state index contributed by atoms with van der Waals surface area (Å²) in [5.74, 6) is -0.860. The Morgan fingerprint density at radius 2 is 0.569 bits per heavy atom. The Balaban J connectivity index is 4.34. The number of esters is 3. The maximum Gasteiger partial charge on any atom is 0.306 e. The molecule has 0 spiro atoms. The van der Waals surface area contributed by atoms with Gasteiger partial charge in [0.2, 0.25) is 0 Å². The van der Waals surface area contributed by atoms with E-state index in [2.05, 4.69) is 32.9 Å². The number of unbranched alkanes of at least 4 members (excludes halogenated alkanes) is 34. The summed E-state index contributed by atoms with van der Waals surface area (Å²) >= 11 is 0. The lowest BCUT2D eigenvalue weighted by Gasteiger charge is -2.18. The monoisotopic (exact) mass is 819 g/mol. The Bertz CT molecular complexity index is 900. The zero-order valence-electron chi connectivity index (χ0n) is 39.1. The molecular weight excluding hydrogens is 721 g/mol. The van der Waals surface area contributed by atoms with Gasteiger partial charge in [-0.1, -0.05) is 232 Å². The molecule has 0 aliphatic heterocycles. The summed E-state index contributed by atoms with van der Waals surface area (Å²) in [6.45, 7) is 6.65. The lowest BCUT2D eigenvalue weighted by molar-refractivity contribution is -0.167. The van der Waals surface area contributed by atoms with E-state index in [1.54, 1.807) is 0 Å². The molecule has 0 unspecified atom stereocenters. The molecule has 0 N–H and O–H groups in total. The summed E-state index contributed by atoms with van der Waals surface area (Å²) in [6, 6.07) is 0. The summed E-state index contributed by atoms with van der Waals surface area (Å²) in [5.41, 5.74) is 0. The van der Waals surface area contributed by atoms with Crippen molar-refractivity contribution in [3.63, 3.8) is 0 Å². The van der Waals surface area contributed by atoms with Crippen LogP contribution in [0.2, 0.25) is 0 Å². The lowest BCUT2D eigenvalue weighted by atomic mass is 10.0. The van der Waals surface area contributed by atoms with Gasteiger partial charge in [-0.05, 0) is 44.9 Å². The molecule has 0 saturated carbocycles. The molecule has 0 saturated heterocycles. The van der Waals surface area contributed by atoms with Gasteiger partial charge in [-0.3, -0.25) is 14.4 Å². The molecule has 6 heteroatoms. The first kappa shape index (κ1) is 56.1. The summed E-state index contributed by atoms with van der Waals surface area (Å²) in [4.78, 5) is 37.9. The summed E-state index contributed by atoms with van der Waals surface area (Å²) in [7, 11) is 0. The van der Waals surface area contributed by atoms with Gasteiger partial charge in [0.05, 0.1) is 0 Å². The molecule has 0 aliphatic rings. The zero-order chi connectivity index (χ0) is 42.3. The van der Waals surface area contributed by atoms with Gasteiger partial charge in [0.15, 0.2) is 6.10 Å². The van der Waals surface area contributed by atoms with Crippen LogP contribution in [-0.4, -0.2) is 37.2 Å². The van der Waals surface area contributed by atoms with Gasteiger partial charge in [-0.2, -0.15) is 0 Å². The minimum absolute atomic E-state index is 0.0673. The highest BCUT2D eigenvalue weighted by molar-refractivity contribution is 5.71. The lowest BCUT2D eigenvalue weighted by Crippen LogP contribution is -2.30. The largest absolute Gasteiger partial charge is 0.462 e. The topological polar surface area (TPSA) is 78.9 Å². The molecule has 0 amide bonds. The smallest absolute Gasteiger partial charge is 0.306 e. The van der Waals surface area contributed by atoms with Crippen LogP contribution in [0.15, 0.2) is 12.2 Å². The third-order valence-corrected chi connectivity index (χ3v) is 11.5. The van der Waals surface area contributed by atoms with Crippen molar-refractivity contribution in [1.82, 2.24) is 0 Å². The summed E-state index contributed by atoms with van der Waals surface area (Å²) in [5, 5.41) is 0. The van der Waals surface area contributed by atoms with Crippen LogP contribution < -0.4 is 0 Å². The minimum atomic E-state index is -0.765. The van der Waals surface area contributed by atoms with Crippen molar-refractivity contribution in [2.45, 2.75) is 290 Å². The quantitative estimate of drug-likeness (QED) is 0.0263. The van der Waals surface area contributed by atoms with Crippen molar-refractivity contribution >= 4 is 17.9 Å². The van der Waals surface area contributed by atoms with Crippen LogP contribution in [0.4, 0.5) is 0 Å². The number of ether oxygens (including phenoxy) is 3. The van der Waals surface area contributed by atoms with E-state index in [0.717, 1.165) is 64.2 Å². The second kappa shape index (κ2) is 47.8. The van der Waals surface area contributed by atoms with Gasteiger partial charge in [-0.25, -0.2) is 0 Å². The highest BCUT2D eigenvalue weighted by atomic mass is 16.6. The van der Waals surface area contributed by atoms with Crippen LogP contribution in [0.25, 0.3) is 0 Å². The van der Waals surface area contributed by atoms with Crippen LogP contribution >= 0.6 is 0 Å². The van der Waals surface area contributed by atoms with E-state index in [1.807, 2.05) is 0 Å². The molecule has 58 heavy (non-hydrogen) atoms. The van der Waals surface area contributed by atoms with Gasteiger partial charge in [0.1, 0.15) is 13.2 Å². The van der Waals surface area contributed by atoms with E-state index in [0.29, 0.717) is 19.3 Å². The molecule has 342 valence electrons. The Kier molecular flexibility index (Phi) is 46.3. The number of carbonyl (C=O) groups is 3. The normalized spacial score (nSPS) is 12.0. The highest BCUT2D eigenvalue weighted by Crippen LogP contribution is 2.16. The highest BCUT2D eigenvalue weighted by Gasteiger charge is 2.19. The molecule has 0 aromatic heterocycles. The average molecular weight is 819 g/mol. The average Bonchev–Trinajstić information content (AvgIpc) is 3.22. The van der Waals surface area contributed by atoms with Gasteiger partial charge in [0, 0.05) is 19.3 Å². The molecule has 0 heterocycles. The molecular formula is C52H98O6. The fourth-order valence-corrected chi connectivity index (χ4v) is 7.61. The van der Waals surface area contributed by atoms with Crippen LogP contribution in [0.5, 0.6) is 0 Å². The Morgan fingerprint density at radius 1 is 0.328 bits per heavy atom. The van der Waals surface area contributed by atoms with Gasteiger partial charge in [0.25, 0.3) is 0 Å². The number of carbonyl (C=O) groups excluding carboxylic acids is 3. The number of rotatable bonds is 47. The second-order valence-electron chi connectivity index (χ2n) is 17.4. The van der Waals surface area contributed by atoms with Crippen molar-refractivity contribution in [2.75, 3.05) is 13.2 Å². The van der Waals surface area contributed by atoms with Crippen LogP contribution in [0, 0.1) is 0 Å². The predicted molar refractivity (Wildman–Crippen MR) is 247 cm³/mol. The van der Waals surface area contributed by atoms with Crippen LogP contribution in [0.3, 0.4) is 0 Å². The van der Waals surface area contributed by atoms with Crippen molar-refractivity contribution < 1.29 is 28.6 Å². The first-order chi connectivity index (χ1) is 28.5. The first-order valence-corrected chi connectivity index (χ1v) is 25.7. The number of hydrogen-bond donors (Lipinski definition) is 0. The third kappa shape index (κ3) is 45.2. The minimum Gasteiger partial charge on any atom is -0.462 e. The number of hydrogen-bond acceptors (Lipinski definition) is 6. The first-order valence-electron chi connectivity index (χ1n) is 25.7. The molecule has 0 fully saturated rings. The molecule has 6 nitrogen and oxygen atoms in total. The van der Waals surface area contributed by atoms with E-state index in [-0.39, 0.29) is 31.1 Å². The van der Waals surface area contributed by atoms with E-state index >= 15 is 0 Å². The molecule has 0 aromatic rings. The molecule has 1 atom stereocenters. The Labute approximate surface area is 360 Å². The maximum absolute atomic E-state index is 12.8. The molecule has 0 aliphatic carbocycles. The summed E-state index contributed by atoms with van der Waals surface area (Å²) < 4.78 is 16.8. The standard InChI is InChI=1S/C52H98O6/c1-4-7-10-13-16-19-22-25-28-30-33-36-39-42-45-51(54)57-48-49(58-52(55)46-43-40-37-34-31-27-24-21-18-15-12-9-6-3)47-56-50(53)44-41-38-35-32-29-26-23-20-17-14-11-8-5-2/h22,25,49H,4-21,23-24,26-48H2,1-3H3/b25-22+/t49-/m1/s1. The van der Waals surface area contributed by atoms with Crippen molar-refractivity contribution in [1.29, 1.82) is 0 Å². The molecule has 0 aromatic carbocycles. The second-order valence-corrected chi connectivity index (χ2v) is 17.4. The van der Waals surface area contributed by atoms with E-state index in [4.69, 9.17) is 14.2 Å². The SMILES string of the molecule is CCCCCCC/C=C/CCCCCCCC(=O)OC[C@@H](COC(=O)CCCCCCCCCCCCCCC)OC(=O)CCCCCCCCCCCCCCC. The Hall–Kier alpha value is -1.85. The van der Waals surface area contributed by atoms with Crippen LogP contribution in [-0.2, 0) is 28.6 Å². The van der Waals surface area contributed by atoms with E-state index < -0.39 is 6.10 Å². The van der Waals surface area contributed by atoms with Crippen molar-refractivity contribution in [3.05, 3.63) is 12.2 Å². The maximum atomic E-state index is 12.8. The van der Waals surface area contributed by atoms with E-state index in [1.165, 1.54) is 180 Å². The van der Waals surface area contributed by atoms with E-state index in [9.17, 15) is 14.4 Å². The zero-order valence-corrected chi connectivity index (χ0v) is 39.1. The van der Waals surface area contributed by atoms with Crippen molar-refractivity contribution in [3.8, 4) is 0 Å². The predicted octanol–water partition coefficient (Wildman–Crippen LogP) is 16.6. The summed E-state index contributed by atoms with van der Waals surface area (Å²) in [6.07, 6.45) is 51.9. The van der Waals surface area contributed by atoms with Gasteiger partial charge < -0.3 is 14.2 Å².